The summed E-state index contributed by atoms with van der Waals surface area (Å²) in [6.07, 6.45) is -0.537. The van der Waals surface area contributed by atoms with Gasteiger partial charge in [0.15, 0.2) is 0 Å². The Morgan fingerprint density at radius 3 is 2.40 bits per heavy atom. The molecule has 0 aliphatic heterocycles. The number of rotatable bonds is 2. The van der Waals surface area contributed by atoms with Crippen molar-refractivity contribution in [2.24, 2.45) is 5.41 Å². The second-order valence-electron chi connectivity index (χ2n) is 4.65. The van der Waals surface area contributed by atoms with Gasteiger partial charge in [0.2, 0.25) is 0 Å². The van der Waals surface area contributed by atoms with Gasteiger partial charge in [-0.15, -0.1) is 0 Å². The lowest BCUT2D eigenvalue weighted by Gasteiger charge is -2.27. The van der Waals surface area contributed by atoms with Gasteiger partial charge in [0.05, 0.1) is 13.2 Å². The second-order valence-corrected chi connectivity index (χ2v) is 5.57. The zero-order chi connectivity index (χ0) is 11.6. The van der Waals surface area contributed by atoms with Gasteiger partial charge >= 0.3 is 0 Å². The van der Waals surface area contributed by atoms with E-state index >= 15 is 0 Å². The molecule has 1 atom stereocenters. The van der Waals surface area contributed by atoms with Gasteiger partial charge in [0.25, 0.3) is 0 Å². The molecular weight excluding hydrogens is 256 g/mol. The molecule has 3 heteroatoms. The van der Waals surface area contributed by atoms with Crippen LogP contribution in [0, 0.1) is 5.41 Å². The quantitative estimate of drug-likeness (QED) is 0.893. The van der Waals surface area contributed by atoms with Crippen LogP contribution in [0.3, 0.4) is 0 Å². The lowest BCUT2D eigenvalue weighted by Crippen LogP contribution is -2.18. The highest BCUT2D eigenvalue weighted by molar-refractivity contribution is 9.10. The van der Waals surface area contributed by atoms with Gasteiger partial charge in [-0.05, 0) is 23.6 Å². The number of ether oxygens (including phenoxy) is 1. The van der Waals surface area contributed by atoms with Gasteiger partial charge in [-0.1, -0.05) is 36.7 Å². The Morgan fingerprint density at radius 2 is 1.93 bits per heavy atom. The summed E-state index contributed by atoms with van der Waals surface area (Å²) < 4.78 is 6.18. The zero-order valence-corrected chi connectivity index (χ0v) is 11.1. The van der Waals surface area contributed by atoms with Crippen LogP contribution in [0.5, 0.6) is 5.75 Å². The van der Waals surface area contributed by atoms with E-state index in [1.807, 2.05) is 39.0 Å². The Bertz CT molecular complexity index is 342. The zero-order valence-electron chi connectivity index (χ0n) is 9.54. The first kappa shape index (κ1) is 12.5. The molecule has 1 aromatic carbocycles. The largest absolute Gasteiger partial charge is 0.496 e. The van der Waals surface area contributed by atoms with Gasteiger partial charge < -0.3 is 9.84 Å². The third-order valence-electron chi connectivity index (χ3n) is 2.31. The van der Waals surface area contributed by atoms with Crippen LogP contribution in [0.2, 0.25) is 0 Å². The molecule has 0 aromatic heterocycles. The Labute approximate surface area is 99.4 Å². The number of aliphatic hydroxyl groups excluding tert-OH is 1. The molecule has 1 rings (SSSR count). The number of methoxy groups -OCH3 is 1. The monoisotopic (exact) mass is 272 g/mol. The molecule has 2 nitrogen and oxygen atoms in total. The summed E-state index contributed by atoms with van der Waals surface area (Å²) >= 11 is 3.39. The van der Waals surface area contributed by atoms with E-state index in [1.54, 1.807) is 7.11 Å². The highest BCUT2D eigenvalue weighted by Crippen LogP contribution is 2.38. The van der Waals surface area contributed by atoms with Gasteiger partial charge in [0.1, 0.15) is 5.75 Å². The van der Waals surface area contributed by atoms with Gasteiger partial charge in [0, 0.05) is 10.0 Å². The molecular formula is C12H17BrO2. The molecule has 0 amide bonds. The number of hydrogen-bond donors (Lipinski definition) is 1. The lowest BCUT2D eigenvalue weighted by molar-refractivity contribution is 0.0603. The van der Waals surface area contributed by atoms with Crippen LogP contribution in [0.4, 0.5) is 0 Å². The predicted octanol–water partition coefficient (Wildman–Crippen LogP) is 3.54. The summed E-state index contributed by atoms with van der Waals surface area (Å²) in [5.41, 5.74) is 0.619. The Kier molecular flexibility index (Phi) is 3.79. The van der Waals surface area contributed by atoms with Gasteiger partial charge in [-0.25, -0.2) is 0 Å². The summed E-state index contributed by atoms with van der Waals surface area (Å²) in [5.74, 6) is 0.723. The third kappa shape index (κ3) is 2.95. The second kappa shape index (κ2) is 4.54. The average Bonchev–Trinajstić information content (AvgIpc) is 2.15. The molecule has 0 aliphatic rings. The topological polar surface area (TPSA) is 29.5 Å². The lowest BCUT2D eigenvalue weighted by atomic mass is 9.84. The standard InChI is InChI=1S/C12H17BrO2/c1-12(2,3)11(14)9-7-8(13)5-6-10(9)15-4/h5-7,11,14H,1-4H3. The van der Waals surface area contributed by atoms with E-state index in [-0.39, 0.29) is 5.41 Å². The summed E-state index contributed by atoms with van der Waals surface area (Å²) in [4.78, 5) is 0. The first-order valence-corrected chi connectivity index (χ1v) is 5.67. The first-order chi connectivity index (χ1) is 6.86. The van der Waals surface area contributed by atoms with Crippen molar-refractivity contribution in [3.05, 3.63) is 28.2 Å². The third-order valence-corrected chi connectivity index (χ3v) is 2.80. The fraction of sp³-hybridized carbons (Fsp3) is 0.500. The van der Waals surface area contributed by atoms with E-state index in [0.29, 0.717) is 0 Å². The molecule has 15 heavy (non-hydrogen) atoms. The maximum atomic E-state index is 10.2. The summed E-state index contributed by atoms with van der Waals surface area (Å²) in [5, 5.41) is 10.2. The van der Waals surface area contributed by atoms with Crippen molar-refractivity contribution in [2.45, 2.75) is 26.9 Å². The van der Waals surface area contributed by atoms with Crippen molar-refractivity contribution < 1.29 is 9.84 Å². The van der Waals surface area contributed by atoms with Crippen molar-refractivity contribution in [2.75, 3.05) is 7.11 Å². The Balaban J connectivity index is 3.17. The SMILES string of the molecule is COc1ccc(Br)cc1C(O)C(C)(C)C. The minimum absolute atomic E-state index is 0.200. The average molecular weight is 273 g/mol. The maximum Gasteiger partial charge on any atom is 0.124 e. The molecule has 0 aliphatic carbocycles. The molecule has 0 fully saturated rings. The molecule has 0 radical (unpaired) electrons. The molecule has 0 bridgehead atoms. The molecule has 0 saturated carbocycles. The van der Waals surface area contributed by atoms with Crippen molar-refractivity contribution >= 4 is 15.9 Å². The van der Waals surface area contributed by atoms with E-state index in [1.165, 1.54) is 0 Å². The molecule has 84 valence electrons. The number of aliphatic hydroxyl groups is 1. The van der Waals surface area contributed by atoms with E-state index in [0.717, 1.165) is 15.8 Å². The normalized spacial score (nSPS) is 13.7. The predicted molar refractivity (Wildman–Crippen MR) is 65.1 cm³/mol. The van der Waals surface area contributed by atoms with Crippen molar-refractivity contribution in [1.29, 1.82) is 0 Å². The molecule has 1 N–H and O–H groups in total. The van der Waals surface area contributed by atoms with Crippen LogP contribution in [0.1, 0.15) is 32.4 Å². The smallest absolute Gasteiger partial charge is 0.124 e. The summed E-state index contributed by atoms with van der Waals surface area (Å²) in [6, 6.07) is 5.65. The van der Waals surface area contributed by atoms with Crippen LogP contribution < -0.4 is 4.74 Å². The van der Waals surface area contributed by atoms with Crippen LogP contribution in [-0.4, -0.2) is 12.2 Å². The first-order valence-electron chi connectivity index (χ1n) is 4.87. The molecule has 0 saturated heterocycles. The van der Waals surface area contributed by atoms with Gasteiger partial charge in [-0.2, -0.15) is 0 Å². The van der Waals surface area contributed by atoms with Crippen molar-refractivity contribution in [3.8, 4) is 5.75 Å². The van der Waals surface area contributed by atoms with E-state index < -0.39 is 6.10 Å². The number of benzene rings is 1. The highest BCUT2D eigenvalue weighted by atomic mass is 79.9. The molecule has 1 unspecified atom stereocenters. The Hall–Kier alpha value is -0.540. The number of hydrogen-bond acceptors (Lipinski definition) is 2. The number of halogens is 1. The Morgan fingerprint density at radius 1 is 1.33 bits per heavy atom. The maximum absolute atomic E-state index is 10.2. The molecule has 1 aromatic rings. The van der Waals surface area contributed by atoms with E-state index in [2.05, 4.69) is 15.9 Å². The highest BCUT2D eigenvalue weighted by Gasteiger charge is 2.26. The minimum atomic E-state index is -0.537. The van der Waals surface area contributed by atoms with Crippen LogP contribution in [0.15, 0.2) is 22.7 Å². The van der Waals surface area contributed by atoms with Crippen LogP contribution in [0.25, 0.3) is 0 Å². The van der Waals surface area contributed by atoms with Crippen LogP contribution >= 0.6 is 15.9 Å². The summed E-state index contributed by atoms with van der Waals surface area (Å²) in [6.45, 7) is 5.99. The summed E-state index contributed by atoms with van der Waals surface area (Å²) in [7, 11) is 1.61. The fourth-order valence-electron chi connectivity index (χ4n) is 1.39. The van der Waals surface area contributed by atoms with Gasteiger partial charge in [-0.3, -0.25) is 0 Å². The molecule has 0 spiro atoms. The van der Waals surface area contributed by atoms with Crippen molar-refractivity contribution in [3.63, 3.8) is 0 Å². The van der Waals surface area contributed by atoms with Crippen molar-refractivity contribution in [1.82, 2.24) is 0 Å². The minimum Gasteiger partial charge on any atom is -0.496 e. The van der Waals surface area contributed by atoms with Crippen LogP contribution in [-0.2, 0) is 0 Å². The molecule has 0 heterocycles. The fourth-order valence-corrected chi connectivity index (χ4v) is 1.76. The van der Waals surface area contributed by atoms with E-state index in [4.69, 9.17) is 4.74 Å². The van der Waals surface area contributed by atoms with E-state index in [9.17, 15) is 5.11 Å².